The van der Waals surface area contributed by atoms with Crippen molar-refractivity contribution in [1.29, 1.82) is 0 Å². The second kappa shape index (κ2) is 7.94. The SMILES string of the molecule is COc1ccc2c(c1OC)C(=O)OC2N1C(=O)CC[C@H]1C(=O)Nc1cc(C)ccc1C. The standard InChI is InChI=1S/C23H24N2O6/c1-12-5-6-13(2)15(11-12)24-21(27)16-8-10-18(26)25(16)22-14-7-9-17(29-3)20(30-4)19(14)23(28)31-22/h5-7,9,11,16,22H,8,10H2,1-4H3,(H,24,27)/t16-,22?/m0/s1. The Balaban J connectivity index is 1.66. The summed E-state index contributed by atoms with van der Waals surface area (Å²) in [7, 11) is 2.90. The van der Waals surface area contributed by atoms with Crippen LogP contribution in [0.2, 0.25) is 0 Å². The summed E-state index contributed by atoms with van der Waals surface area (Å²) >= 11 is 0. The van der Waals surface area contributed by atoms with Crippen molar-refractivity contribution in [2.45, 2.75) is 39.0 Å². The van der Waals surface area contributed by atoms with E-state index in [4.69, 9.17) is 14.2 Å². The second-order valence-electron chi connectivity index (χ2n) is 7.69. The van der Waals surface area contributed by atoms with Crippen LogP contribution in [0.15, 0.2) is 30.3 Å². The lowest BCUT2D eigenvalue weighted by Crippen LogP contribution is -2.44. The first-order valence-electron chi connectivity index (χ1n) is 10.0. The summed E-state index contributed by atoms with van der Waals surface area (Å²) in [6, 6.07) is 8.33. The van der Waals surface area contributed by atoms with Gasteiger partial charge in [0.15, 0.2) is 11.5 Å². The fourth-order valence-corrected chi connectivity index (χ4v) is 4.13. The number of carbonyl (C=O) groups is 3. The van der Waals surface area contributed by atoms with Gasteiger partial charge in [-0.3, -0.25) is 14.5 Å². The number of nitrogens with zero attached hydrogens (tertiary/aromatic N) is 1. The Morgan fingerprint density at radius 2 is 1.90 bits per heavy atom. The van der Waals surface area contributed by atoms with Crippen LogP contribution in [-0.4, -0.2) is 42.9 Å². The first-order valence-corrected chi connectivity index (χ1v) is 10.0. The minimum atomic E-state index is -0.994. The molecule has 2 heterocycles. The monoisotopic (exact) mass is 424 g/mol. The van der Waals surface area contributed by atoms with E-state index in [0.29, 0.717) is 23.4 Å². The number of hydrogen-bond acceptors (Lipinski definition) is 6. The average molecular weight is 424 g/mol. The van der Waals surface area contributed by atoms with Crippen LogP contribution in [0, 0.1) is 13.8 Å². The summed E-state index contributed by atoms with van der Waals surface area (Å²) in [6.07, 6.45) is -0.458. The van der Waals surface area contributed by atoms with E-state index in [2.05, 4.69) is 5.32 Å². The molecule has 2 aromatic rings. The molecule has 0 radical (unpaired) electrons. The molecule has 0 saturated carbocycles. The molecule has 8 nitrogen and oxygen atoms in total. The zero-order valence-corrected chi connectivity index (χ0v) is 17.9. The number of aryl methyl sites for hydroxylation is 2. The van der Waals surface area contributed by atoms with Gasteiger partial charge in [0.25, 0.3) is 0 Å². The van der Waals surface area contributed by atoms with Gasteiger partial charge in [0.2, 0.25) is 18.0 Å². The van der Waals surface area contributed by atoms with Gasteiger partial charge in [-0.2, -0.15) is 0 Å². The van der Waals surface area contributed by atoms with Crippen molar-refractivity contribution in [2.24, 2.45) is 0 Å². The number of amides is 2. The maximum atomic E-state index is 13.1. The third kappa shape index (κ3) is 3.48. The molecular formula is C23H24N2O6. The van der Waals surface area contributed by atoms with Crippen LogP contribution in [0.1, 0.15) is 46.1 Å². The third-order valence-electron chi connectivity index (χ3n) is 5.73. The molecule has 1 N–H and O–H groups in total. The Morgan fingerprint density at radius 3 is 2.61 bits per heavy atom. The van der Waals surface area contributed by atoms with E-state index in [0.717, 1.165) is 11.1 Å². The number of carbonyl (C=O) groups excluding carboxylic acids is 3. The number of rotatable bonds is 5. The average Bonchev–Trinajstić information content (AvgIpc) is 3.29. The highest BCUT2D eigenvalue weighted by Gasteiger charge is 2.47. The van der Waals surface area contributed by atoms with Crippen LogP contribution in [0.25, 0.3) is 0 Å². The topological polar surface area (TPSA) is 94.2 Å². The molecule has 1 fully saturated rings. The zero-order chi connectivity index (χ0) is 22.3. The first-order chi connectivity index (χ1) is 14.8. The molecule has 0 aliphatic carbocycles. The summed E-state index contributed by atoms with van der Waals surface area (Å²) in [5.74, 6) is -0.554. The van der Waals surface area contributed by atoms with Crippen LogP contribution in [0.5, 0.6) is 11.5 Å². The Kier molecular flexibility index (Phi) is 5.31. The van der Waals surface area contributed by atoms with E-state index in [1.165, 1.54) is 19.1 Å². The molecule has 2 atom stereocenters. The first kappa shape index (κ1) is 20.7. The quantitative estimate of drug-likeness (QED) is 0.742. The number of fused-ring (bicyclic) bond motifs is 1. The van der Waals surface area contributed by atoms with E-state index < -0.39 is 18.2 Å². The van der Waals surface area contributed by atoms with Crippen molar-refractivity contribution in [3.05, 3.63) is 52.6 Å². The molecule has 1 saturated heterocycles. The van der Waals surface area contributed by atoms with Crippen LogP contribution in [-0.2, 0) is 14.3 Å². The van der Waals surface area contributed by atoms with Crippen molar-refractivity contribution < 1.29 is 28.6 Å². The van der Waals surface area contributed by atoms with Crippen LogP contribution in [0.4, 0.5) is 5.69 Å². The van der Waals surface area contributed by atoms with Gasteiger partial charge in [0, 0.05) is 17.7 Å². The summed E-state index contributed by atoms with van der Waals surface area (Å²) in [4.78, 5) is 39.9. The predicted octanol–water partition coefficient (Wildman–Crippen LogP) is 3.12. The van der Waals surface area contributed by atoms with E-state index in [9.17, 15) is 14.4 Å². The summed E-state index contributed by atoms with van der Waals surface area (Å²) in [5, 5.41) is 2.92. The Bertz CT molecular complexity index is 1080. The smallest absolute Gasteiger partial charge is 0.344 e. The molecule has 2 aliphatic rings. The van der Waals surface area contributed by atoms with Crippen molar-refractivity contribution in [1.82, 2.24) is 4.90 Å². The molecule has 8 heteroatoms. The number of cyclic esters (lactones) is 1. The maximum Gasteiger partial charge on any atom is 0.344 e. The fraction of sp³-hybridized carbons (Fsp3) is 0.348. The number of hydrogen-bond donors (Lipinski definition) is 1. The summed E-state index contributed by atoms with van der Waals surface area (Å²) < 4.78 is 16.2. The number of anilines is 1. The van der Waals surface area contributed by atoms with Crippen molar-refractivity contribution in [3.63, 3.8) is 0 Å². The van der Waals surface area contributed by atoms with Crippen molar-refractivity contribution in [3.8, 4) is 11.5 Å². The molecular weight excluding hydrogens is 400 g/mol. The molecule has 2 amide bonds. The number of methoxy groups -OCH3 is 2. The Hall–Kier alpha value is -3.55. The van der Waals surface area contributed by atoms with Crippen molar-refractivity contribution >= 4 is 23.5 Å². The Morgan fingerprint density at radius 1 is 1.13 bits per heavy atom. The van der Waals surface area contributed by atoms with Crippen LogP contribution in [0.3, 0.4) is 0 Å². The highest BCUT2D eigenvalue weighted by molar-refractivity contribution is 6.01. The van der Waals surface area contributed by atoms with Gasteiger partial charge in [-0.25, -0.2) is 4.79 Å². The minimum Gasteiger partial charge on any atom is -0.493 e. The molecule has 1 unspecified atom stereocenters. The predicted molar refractivity (Wildman–Crippen MR) is 112 cm³/mol. The number of likely N-dealkylation sites (tertiary alicyclic amines) is 1. The molecule has 4 rings (SSSR count). The normalized spacial score (nSPS) is 19.8. The molecule has 31 heavy (non-hydrogen) atoms. The van der Waals surface area contributed by atoms with Crippen LogP contribution >= 0.6 is 0 Å². The summed E-state index contributed by atoms with van der Waals surface area (Å²) in [6.45, 7) is 3.85. The van der Waals surface area contributed by atoms with E-state index in [1.54, 1.807) is 12.1 Å². The molecule has 2 aromatic carbocycles. The number of nitrogens with one attached hydrogen (secondary N) is 1. The van der Waals surface area contributed by atoms with Gasteiger partial charge < -0.3 is 19.5 Å². The highest BCUT2D eigenvalue weighted by Crippen LogP contribution is 2.45. The van der Waals surface area contributed by atoms with Gasteiger partial charge >= 0.3 is 5.97 Å². The van der Waals surface area contributed by atoms with E-state index in [1.807, 2.05) is 32.0 Å². The van der Waals surface area contributed by atoms with Crippen molar-refractivity contribution in [2.75, 3.05) is 19.5 Å². The fourth-order valence-electron chi connectivity index (χ4n) is 4.13. The third-order valence-corrected chi connectivity index (χ3v) is 5.73. The summed E-state index contributed by atoms with van der Waals surface area (Å²) in [5.41, 5.74) is 3.31. The molecule has 162 valence electrons. The lowest BCUT2D eigenvalue weighted by atomic mass is 10.0. The molecule has 0 bridgehead atoms. The van der Waals surface area contributed by atoms with E-state index >= 15 is 0 Å². The van der Waals surface area contributed by atoms with Gasteiger partial charge in [-0.1, -0.05) is 12.1 Å². The van der Waals surface area contributed by atoms with Gasteiger partial charge in [-0.05, 0) is 49.6 Å². The number of ether oxygens (including phenoxy) is 3. The largest absolute Gasteiger partial charge is 0.493 e. The maximum absolute atomic E-state index is 13.1. The zero-order valence-electron chi connectivity index (χ0n) is 17.9. The molecule has 0 aromatic heterocycles. The number of esters is 1. The number of benzene rings is 2. The highest BCUT2D eigenvalue weighted by atomic mass is 16.6. The molecule has 0 spiro atoms. The van der Waals surface area contributed by atoms with Gasteiger partial charge in [0.05, 0.1) is 14.2 Å². The van der Waals surface area contributed by atoms with Crippen LogP contribution < -0.4 is 14.8 Å². The van der Waals surface area contributed by atoms with Gasteiger partial charge in [0.1, 0.15) is 11.6 Å². The minimum absolute atomic E-state index is 0.196. The van der Waals surface area contributed by atoms with E-state index in [-0.39, 0.29) is 29.5 Å². The Labute approximate surface area is 180 Å². The second-order valence-corrected chi connectivity index (χ2v) is 7.69. The van der Waals surface area contributed by atoms with Gasteiger partial charge in [-0.15, -0.1) is 0 Å². The molecule has 2 aliphatic heterocycles. The lowest BCUT2D eigenvalue weighted by Gasteiger charge is -2.29. The lowest BCUT2D eigenvalue weighted by molar-refractivity contribution is -0.144.